The van der Waals surface area contributed by atoms with Crippen LogP contribution in [0.25, 0.3) is 0 Å². The molecule has 1 saturated carbocycles. The van der Waals surface area contributed by atoms with Crippen molar-refractivity contribution in [1.29, 1.82) is 0 Å². The second-order valence-electron chi connectivity index (χ2n) is 12.6. The molecule has 9 atom stereocenters. The Balaban J connectivity index is 0.989. The van der Waals surface area contributed by atoms with E-state index in [1.807, 2.05) is 11.8 Å². The maximum Gasteiger partial charge on any atom is 0.353 e. The molecule has 1 aromatic rings. The number of β-lactam (4-membered cyclic amide) rings is 1. The summed E-state index contributed by atoms with van der Waals surface area (Å²) in [5.41, 5.74) is 0.277. The number of hydrogen-bond donors (Lipinski definition) is 4. The van der Waals surface area contributed by atoms with Gasteiger partial charge in [-0.25, -0.2) is 9.48 Å². The Hall–Kier alpha value is -3.04. The number of piperidine rings is 1. The molecular weight excluding hydrogens is 550 g/mol. The number of aromatic nitrogens is 4. The number of fused-ring (bicyclic) bond motifs is 2. The van der Waals surface area contributed by atoms with Crippen LogP contribution in [-0.2, 0) is 25.7 Å². The molecule has 5 aliphatic heterocycles. The van der Waals surface area contributed by atoms with Crippen LogP contribution >= 0.6 is 11.8 Å². The normalized spacial score (nSPS) is 37.8. The first-order valence-corrected chi connectivity index (χ1v) is 15.3. The van der Waals surface area contributed by atoms with Gasteiger partial charge in [0.2, 0.25) is 17.7 Å². The fourth-order valence-corrected chi connectivity index (χ4v) is 9.80. The number of nitrogens with zero attached hydrogens (tertiary/aromatic N) is 6. The van der Waals surface area contributed by atoms with Crippen LogP contribution in [0.1, 0.15) is 33.1 Å². The largest absolute Gasteiger partial charge is 0.477 e. The molecule has 4 N–H and O–H groups in total. The highest BCUT2D eigenvalue weighted by atomic mass is 32.2. The Morgan fingerprint density at radius 2 is 2.12 bits per heavy atom. The van der Waals surface area contributed by atoms with Gasteiger partial charge < -0.3 is 30.9 Å². The van der Waals surface area contributed by atoms with E-state index in [9.17, 15) is 24.3 Å². The summed E-state index contributed by atoms with van der Waals surface area (Å²) in [6.45, 7) is 6.90. The van der Waals surface area contributed by atoms with Crippen molar-refractivity contribution in [3.05, 3.63) is 16.9 Å². The Kier molecular flexibility index (Phi) is 6.39. The van der Waals surface area contributed by atoms with Gasteiger partial charge in [-0.15, -0.1) is 16.9 Å². The molecule has 7 rings (SSSR count). The van der Waals surface area contributed by atoms with E-state index in [2.05, 4.69) is 31.5 Å². The van der Waals surface area contributed by atoms with Crippen LogP contribution in [0.15, 0.2) is 16.9 Å². The molecule has 5 fully saturated rings. The smallest absolute Gasteiger partial charge is 0.353 e. The van der Waals surface area contributed by atoms with Gasteiger partial charge in [0.05, 0.1) is 18.0 Å². The number of carbonyl (C=O) groups excluding carboxylic acids is 3. The first-order valence-electron chi connectivity index (χ1n) is 14.4. The van der Waals surface area contributed by atoms with Crippen molar-refractivity contribution in [2.45, 2.75) is 69.1 Å². The summed E-state index contributed by atoms with van der Waals surface area (Å²) in [5, 5.41) is 30.7. The monoisotopic (exact) mass is 585 g/mol. The number of nitrogens with one attached hydrogen (secondary N) is 3. The summed E-state index contributed by atoms with van der Waals surface area (Å²) in [5.74, 6) is -1.77. The quantitative estimate of drug-likeness (QED) is 0.265. The number of likely N-dealkylation sites (tertiary alicyclic amines) is 1. The van der Waals surface area contributed by atoms with E-state index >= 15 is 0 Å². The summed E-state index contributed by atoms with van der Waals surface area (Å²) in [4.78, 5) is 55.6. The molecule has 220 valence electrons. The van der Waals surface area contributed by atoms with Crippen molar-refractivity contribution in [3.63, 3.8) is 0 Å². The molecule has 1 spiro atoms. The second kappa shape index (κ2) is 9.76. The van der Waals surface area contributed by atoms with Crippen LogP contribution in [0.4, 0.5) is 0 Å². The zero-order chi connectivity index (χ0) is 28.6. The molecule has 0 aromatic carbocycles. The second-order valence-corrected chi connectivity index (χ2v) is 14.0. The summed E-state index contributed by atoms with van der Waals surface area (Å²) in [6.07, 6.45) is 4.27. The van der Waals surface area contributed by atoms with E-state index in [-0.39, 0.29) is 58.6 Å². The summed E-state index contributed by atoms with van der Waals surface area (Å²) in [7, 11) is 0. The van der Waals surface area contributed by atoms with E-state index in [1.165, 1.54) is 34.1 Å². The lowest BCUT2D eigenvalue weighted by atomic mass is 9.78. The van der Waals surface area contributed by atoms with Gasteiger partial charge in [0.15, 0.2) is 0 Å². The third-order valence-corrected chi connectivity index (χ3v) is 11.7. The molecule has 4 saturated heterocycles. The molecule has 3 amide bonds. The van der Waals surface area contributed by atoms with E-state index in [4.69, 9.17) is 0 Å². The van der Waals surface area contributed by atoms with Crippen LogP contribution in [0.5, 0.6) is 0 Å². The van der Waals surface area contributed by atoms with Crippen LogP contribution in [0.3, 0.4) is 0 Å². The highest BCUT2D eigenvalue weighted by molar-refractivity contribution is 8.03. The van der Waals surface area contributed by atoms with Crippen molar-refractivity contribution in [3.8, 4) is 0 Å². The van der Waals surface area contributed by atoms with Gasteiger partial charge in [-0.2, -0.15) is 0 Å². The maximum absolute atomic E-state index is 13.5. The van der Waals surface area contributed by atoms with Crippen molar-refractivity contribution in [2.75, 3.05) is 26.2 Å². The molecule has 14 nitrogen and oxygen atoms in total. The fraction of sp³-hybridized carbons (Fsp3) is 0.731. The van der Waals surface area contributed by atoms with Crippen molar-refractivity contribution in [2.24, 2.45) is 23.2 Å². The average Bonchev–Trinajstić information content (AvgIpc) is 3.75. The molecule has 1 unspecified atom stereocenters. The van der Waals surface area contributed by atoms with Crippen LogP contribution in [-0.4, -0.2) is 114 Å². The minimum absolute atomic E-state index is 0.0224. The van der Waals surface area contributed by atoms with Crippen LogP contribution in [0.2, 0.25) is 0 Å². The average molecular weight is 586 g/mol. The highest BCUT2D eigenvalue weighted by Gasteiger charge is 2.61. The minimum Gasteiger partial charge on any atom is -0.477 e. The summed E-state index contributed by atoms with van der Waals surface area (Å²) < 4.78 is 1.29. The Bertz CT molecular complexity index is 1320. The third-order valence-electron chi connectivity index (χ3n) is 10.2. The minimum atomic E-state index is -1.13. The van der Waals surface area contributed by atoms with E-state index in [1.54, 1.807) is 6.92 Å². The van der Waals surface area contributed by atoms with Crippen molar-refractivity contribution >= 4 is 35.5 Å². The molecule has 41 heavy (non-hydrogen) atoms. The number of amides is 3. The van der Waals surface area contributed by atoms with Gasteiger partial charge >= 0.3 is 5.97 Å². The molecule has 1 aliphatic carbocycles. The van der Waals surface area contributed by atoms with Gasteiger partial charge in [0.25, 0.3) is 0 Å². The van der Waals surface area contributed by atoms with Gasteiger partial charge in [0, 0.05) is 59.8 Å². The van der Waals surface area contributed by atoms with Crippen molar-refractivity contribution < 1.29 is 24.3 Å². The Labute approximate surface area is 241 Å². The molecule has 1 aromatic heterocycles. The number of aliphatic carboxylic acids is 1. The van der Waals surface area contributed by atoms with Crippen molar-refractivity contribution in [1.82, 2.24) is 46.0 Å². The van der Waals surface area contributed by atoms with E-state index < -0.39 is 17.9 Å². The summed E-state index contributed by atoms with van der Waals surface area (Å²) >= 11 is 1.48. The standard InChI is InChI=1S/C26H35N9O5S/c1-12-20-19(13(2)30-18(36)8-34-11-29-31-32-34)24(38)35(20)21(25(39)40)22(12)41-16-4-17(27-6-16)23(37)33-7-14-3-15-5-26(14,10-33)9-28-15/h11-17,19-20,27-28H,3-10H2,1-2H3,(H,30,36)(H,39,40)/t12-,13-,14?,15-,16+,17+,19-,20-,26+/m1/s1. The molecule has 6 heterocycles. The van der Waals surface area contributed by atoms with Gasteiger partial charge in [-0.05, 0) is 42.5 Å². The Morgan fingerprint density at radius 1 is 1.29 bits per heavy atom. The number of tetrazole rings is 1. The number of carboxylic acid groups (broad SMARTS) is 1. The zero-order valence-corrected chi connectivity index (χ0v) is 23.8. The number of hydrogen-bond acceptors (Lipinski definition) is 10. The van der Waals surface area contributed by atoms with Gasteiger partial charge in [0.1, 0.15) is 18.6 Å². The van der Waals surface area contributed by atoms with E-state index in [0.29, 0.717) is 29.8 Å². The maximum atomic E-state index is 13.5. The lowest BCUT2D eigenvalue weighted by Crippen LogP contribution is -2.66. The first-order chi connectivity index (χ1) is 19.6. The predicted octanol–water partition coefficient (Wildman–Crippen LogP) is -1.38. The van der Waals surface area contributed by atoms with E-state index in [0.717, 1.165) is 26.1 Å². The number of carbonyl (C=O) groups is 4. The predicted molar refractivity (Wildman–Crippen MR) is 145 cm³/mol. The number of thioether (sulfide) groups is 1. The number of rotatable bonds is 8. The van der Waals surface area contributed by atoms with Crippen LogP contribution < -0.4 is 16.0 Å². The molecule has 2 bridgehead atoms. The lowest BCUT2D eigenvalue weighted by molar-refractivity contribution is -0.158. The molecule has 0 radical (unpaired) electrons. The SMILES string of the molecule is C[C@@H](NC(=O)Cn1cnnn1)[C@H]1C(=O)N2C(C(=O)O)=C(S[C@@H]3CN[C@H](C(=O)N4CC5C[C@@H]6C[C@]5(CN6)C4)C3)[C@H](C)[C@H]12. The first kappa shape index (κ1) is 26.8. The highest BCUT2D eigenvalue weighted by Crippen LogP contribution is 2.53. The fourth-order valence-electron chi connectivity index (χ4n) is 8.32. The number of carboxylic acids is 1. The van der Waals surface area contributed by atoms with Crippen LogP contribution in [0, 0.1) is 23.2 Å². The third kappa shape index (κ3) is 4.26. The lowest BCUT2D eigenvalue weighted by Gasteiger charge is -2.47. The summed E-state index contributed by atoms with van der Waals surface area (Å²) in [6, 6.07) is -0.505. The molecule has 15 heteroatoms. The molecule has 6 aliphatic rings. The molecular formula is C26H35N9O5S. The van der Waals surface area contributed by atoms with Gasteiger partial charge in [-0.3, -0.25) is 14.4 Å². The van der Waals surface area contributed by atoms with Gasteiger partial charge in [-0.1, -0.05) is 6.92 Å². The topological polar surface area (TPSA) is 175 Å². The zero-order valence-electron chi connectivity index (χ0n) is 23.0. The Morgan fingerprint density at radius 3 is 2.83 bits per heavy atom.